The highest BCUT2D eigenvalue weighted by Crippen LogP contribution is 2.40. The second kappa shape index (κ2) is 8.49. The van der Waals surface area contributed by atoms with Crippen molar-refractivity contribution in [3.8, 4) is 17.2 Å². The molecule has 1 amide bonds. The number of ether oxygens (including phenoxy) is 2. The Hall–Kier alpha value is -3.02. The maximum Gasteiger partial charge on any atom is 0.223 e. The molecule has 2 aromatic rings. The van der Waals surface area contributed by atoms with Crippen LogP contribution in [0.5, 0.6) is 17.2 Å². The molecule has 2 aromatic carbocycles. The predicted molar refractivity (Wildman–Crippen MR) is 127 cm³/mol. The smallest absolute Gasteiger partial charge is 0.223 e. The Bertz CT molecular complexity index is 1050. The van der Waals surface area contributed by atoms with Gasteiger partial charge in [-0.3, -0.25) is 4.79 Å². The fourth-order valence-electron chi connectivity index (χ4n) is 4.30. The fourth-order valence-corrected chi connectivity index (χ4v) is 4.30. The maximum atomic E-state index is 12.9. The molecule has 170 valence electrons. The first-order chi connectivity index (χ1) is 15.1. The van der Waals surface area contributed by atoms with Crippen LogP contribution in [0.2, 0.25) is 0 Å². The summed E-state index contributed by atoms with van der Waals surface area (Å²) in [5.74, 6) is 3.34. The van der Waals surface area contributed by atoms with Crippen molar-refractivity contribution in [1.82, 2.24) is 9.80 Å². The highest BCUT2D eigenvalue weighted by molar-refractivity contribution is 6.04. The number of aliphatic imine (C=N–C) groups is 1. The summed E-state index contributed by atoms with van der Waals surface area (Å²) < 4.78 is 11.8. The van der Waals surface area contributed by atoms with Crippen LogP contribution < -0.4 is 9.47 Å². The van der Waals surface area contributed by atoms with E-state index in [1.165, 1.54) is 0 Å². The molecule has 2 aliphatic heterocycles. The Kier molecular flexibility index (Phi) is 5.89. The molecule has 1 saturated heterocycles. The average Bonchev–Trinajstić information content (AvgIpc) is 2.88. The Morgan fingerprint density at radius 1 is 1.16 bits per heavy atom. The van der Waals surface area contributed by atoms with E-state index in [2.05, 4.69) is 32.6 Å². The largest absolute Gasteiger partial charge is 0.497 e. The Balaban J connectivity index is 1.67. The Morgan fingerprint density at radius 2 is 1.94 bits per heavy atom. The molecule has 32 heavy (non-hydrogen) atoms. The van der Waals surface area contributed by atoms with Crippen LogP contribution in [0.3, 0.4) is 0 Å². The molecule has 0 radical (unpaired) electrons. The van der Waals surface area contributed by atoms with Gasteiger partial charge >= 0.3 is 0 Å². The number of hydrogen-bond donors (Lipinski definition) is 0. The highest BCUT2D eigenvalue weighted by atomic mass is 16.5. The maximum absolute atomic E-state index is 12.9. The zero-order chi connectivity index (χ0) is 23.0. The summed E-state index contributed by atoms with van der Waals surface area (Å²) >= 11 is 0. The number of amides is 1. The van der Waals surface area contributed by atoms with Gasteiger partial charge in [0.05, 0.1) is 12.7 Å². The van der Waals surface area contributed by atoms with Crippen LogP contribution in [0.15, 0.2) is 41.4 Å². The van der Waals surface area contributed by atoms with Gasteiger partial charge in [-0.25, -0.2) is 4.99 Å². The zero-order valence-corrected chi connectivity index (χ0v) is 19.9. The third kappa shape index (κ3) is 4.59. The van der Waals surface area contributed by atoms with Gasteiger partial charge in [-0.15, -0.1) is 0 Å². The van der Waals surface area contributed by atoms with Crippen molar-refractivity contribution in [3.05, 3.63) is 47.5 Å². The summed E-state index contributed by atoms with van der Waals surface area (Å²) in [4.78, 5) is 22.2. The van der Waals surface area contributed by atoms with Gasteiger partial charge < -0.3 is 19.3 Å². The van der Waals surface area contributed by atoms with Crippen molar-refractivity contribution in [2.75, 3.05) is 26.7 Å². The lowest BCUT2D eigenvalue weighted by Crippen LogP contribution is -2.56. The second-order valence-corrected chi connectivity index (χ2v) is 9.99. The molecular formula is C26H33N3O3. The molecular weight excluding hydrogens is 402 g/mol. The van der Waals surface area contributed by atoms with Crippen LogP contribution in [0.4, 0.5) is 5.69 Å². The van der Waals surface area contributed by atoms with Crippen LogP contribution >= 0.6 is 0 Å². The van der Waals surface area contributed by atoms with Gasteiger partial charge in [0.2, 0.25) is 5.91 Å². The molecule has 0 saturated carbocycles. The summed E-state index contributed by atoms with van der Waals surface area (Å²) in [5.41, 5.74) is 2.81. The van der Waals surface area contributed by atoms with Crippen molar-refractivity contribution in [2.45, 2.75) is 47.1 Å². The number of piperazine rings is 1. The van der Waals surface area contributed by atoms with E-state index in [-0.39, 0.29) is 17.4 Å². The highest BCUT2D eigenvalue weighted by Gasteiger charge is 2.33. The number of carbonyl (C=O) groups excluding carboxylic acids is 1. The van der Waals surface area contributed by atoms with Crippen LogP contribution in [0, 0.1) is 12.3 Å². The van der Waals surface area contributed by atoms with Crippen molar-refractivity contribution < 1.29 is 14.3 Å². The molecule has 1 atom stereocenters. The summed E-state index contributed by atoms with van der Waals surface area (Å²) in [5, 5.41) is 0. The molecule has 2 heterocycles. The number of benzene rings is 2. The summed E-state index contributed by atoms with van der Waals surface area (Å²) in [7, 11) is 1.66. The lowest BCUT2D eigenvalue weighted by atomic mass is 9.91. The van der Waals surface area contributed by atoms with E-state index in [1.807, 2.05) is 48.2 Å². The first kappa shape index (κ1) is 22.2. The zero-order valence-electron chi connectivity index (χ0n) is 19.9. The third-order valence-corrected chi connectivity index (χ3v) is 5.92. The van der Waals surface area contributed by atoms with Gasteiger partial charge in [0.15, 0.2) is 5.75 Å². The molecule has 0 aliphatic carbocycles. The van der Waals surface area contributed by atoms with Gasteiger partial charge in [-0.1, -0.05) is 26.8 Å². The molecule has 2 aliphatic rings. The molecule has 6 nitrogen and oxygen atoms in total. The van der Waals surface area contributed by atoms with Crippen molar-refractivity contribution in [2.24, 2.45) is 10.4 Å². The molecule has 1 fully saturated rings. The number of rotatable bonds is 2. The van der Waals surface area contributed by atoms with Crippen LogP contribution in [-0.2, 0) is 4.79 Å². The van der Waals surface area contributed by atoms with Crippen LogP contribution in [-0.4, -0.2) is 54.3 Å². The number of nitrogens with zero attached hydrogens (tertiary/aromatic N) is 3. The molecule has 0 bridgehead atoms. The van der Waals surface area contributed by atoms with E-state index in [0.717, 1.165) is 46.4 Å². The lowest BCUT2D eigenvalue weighted by molar-refractivity contribution is -0.136. The third-order valence-electron chi connectivity index (χ3n) is 5.92. The quantitative estimate of drug-likeness (QED) is 0.654. The van der Waals surface area contributed by atoms with Gasteiger partial charge in [0.25, 0.3) is 0 Å². The molecule has 4 rings (SSSR count). The molecule has 6 heteroatoms. The van der Waals surface area contributed by atoms with Gasteiger partial charge in [-0.05, 0) is 55.2 Å². The van der Waals surface area contributed by atoms with E-state index in [1.54, 1.807) is 7.11 Å². The van der Waals surface area contributed by atoms with E-state index in [4.69, 9.17) is 14.5 Å². The first-order valence-corrected chi connectivity index (χ1v) is 11.2. The number of amidine groups is 1. The molecule has 1 unspecified atom stereocenters. The fraction of sp³-hybridized carbons (Fsp3) is 0.462. The van der Waals surface area contributed by atoms with E-state index >= 15 is 0 Å². The van der Waals surface area contributed by atoms with Crippen LogP contribution in [0.1, 0.15) is 45.2 Å². The molecule has 0 aromatic heterocycles. The standard InChI is InChI=1S/C26H33N3O3/c1-17-7-9-21-23(13-17)32-22-10-8-19(31-6)14-20(22)25(27-21)28-11-12-29(18(2)16-28)24(30)15-26(3,4)5/h7-10,13-14,18H,11-12,15-16H2,1-6H3. The van der Waals surface area contributed by atoms with Crippen LogP contribution in [0.25, 0.3) is 0 Å². The average molecular weight is 436 g/mol. The van der Waals surface area contributed by atoms with Crippen molar-refractivity contribution >= 4 is 17.4 Å². The van der Waals surface area contributed by atoms with E-state index < -0.39 is 0 Å². The minimum Gasteiger partial charge on any atom is -0.497 e. The van der Waals surface area contributed by atoms with Crippen molar-refractivity contribution in [3.63, 3.8) is 0 Å². The Labute approximate surface area is 190 Å². The Morgan fingerprint density at radius 3 is 2.62 bits per heavy atom. The topological polar surface area (TPSA) is 54.4 Å². The minimum absolute atomic E-state index is 0.0199. The van der Waals surface area contributed by atoms with Gasteiger partial charge in [0, 0.05) is 32.1 Å². The lowest BCUT2D eigenvalue weighted by Gasteiger charge is -2.42. The predicted octanol–water partition coefficient (Wildman–Crippen LogP) is 5.16. The first-order valence-electron chi connectivity index (χ1n) is 11.2. The molecule has 0 spiro atoms. The van der Waals surface area contributed by atoms with Gasteiger partial charge in [0.1, 0.15) is 23.0 Å². The van der Waals surface area contributed by atoms with E-state index in [9.17, 15) is 4.79 Å². The van der Waals surface area contributed by atoms with E-state index in [0.29, 0.717) is 19.5 Å². The van der Waals surface area contributed by atoms with Gasteiger partial charge in [-0.2, -0.15) is 0 Å². The number of aryl methyl sites for hydroxylation is 1. The van der Waals surface area contributed by atoms with Crippen molar-refractivity contribution in [1.29, 1.82) is 0 Å². The monoisotopic (exact) mass is 435 g/mol. The normalized spacial score (nSPS) is 18.2. The number of hydrogen-bond acceptors (Lipinski definition) is 5. The molecule has 0 N–H and O–H groups in total. The summed E-state index contributed by atoms with van der Waals surface area (Å²) in [6.45, 7) is 12.6. The summed E-state index contributed by atoms with van der Waals surface area (Å²) in [6.07, 6.45) is 0.554. The SMILES string of the molecule is COc1ccc2c(c1)C(N1CCN(C(=O)CC(C)(C)C)C(C)C1)=Nc1ccc(C)cc1O2. The summed E-state index contributed by atoms with van der Waals surface area (Å²) in [6, 6.07) is 12.0. The minimum atomic E-state index is -0.0199. The number of methoxy groups -OCH3 is 1. The number of carbonyl (C=O) groups is 1. The second-order valence-electron chi connectivity index (χ2n) is 9.99. The number of fused-ring (bicyclic) bond motifs is 2.